The maximum Gasteiger partial charge on any atom is 0.321 e. The van der Waals surface area contributed by atoms with E-state index in [1.165, 1.54) is 23.5 Å². The molecule has 0 fully saturated rings. The van der Waals surface area contributed by atoms with Crippen LogP contribution < -0.4 is 10.6 Å². The molecule has 0 bridgehead atoms. The van der Waals surface area contributed by atoms with Crippen molar-refractivity contribution in [2.45, 2.75) is 20.0 Å². The molecule has 7 nitrogen and oxygen atoms in total. The van der Waals surface area contributed by atoms with E-state index in [0.717, 1.165) is 0 Å². The summed E-state index contributed by atoms with van der Waals surface area (Å²) < 4.78 is 13.2. The Hall–Kier alpha value is -3.33. The molecule has 150 valence electrons. The fraction of sp³-hybridized carbons (Fsp3) is 0.200. The lowest BCUT2D eigenvalue weighted by molar-refractivity contribution is 0.0782. The summed E-state index contributed by atoms with van der Waals surface area (Å²) in [7, 11) is 1.69. The molecule has 29 heavy (non-hydrogen) atoms. The first-order valence-corrected chi connectivity index (χ1v) is 9.71. The zero-order valence-electron chi connectivity index (χ0n) is 16.0. The number of amides is 3. The molecular weight excluding hydrogens is 393 g/mol. The van der Waals surface area contributed by atoms with Crippen molar-refractivity contribution in [1.29, 1.82) is 0 Å². The maximum atomic E-state index is 13.2. The van der Waals surface area contributed by atoms with E-state index >= 15 is 0 Å². The number of hydrogen-bond acceptors (Lipinski definition) is 5. The highest BCUT2D eigenvalue weighted by Crippen LogP contribution is 2.17. The van der Waals surface area contributed by atoms with Crippen LogP contribution in [0.1, 0.15) is 27.3 Å². The van der Waals surface area contributed by atoms with Gasteiger partial charge >= 0.3 is 6.03 Å². The van der Waals surface area contributed by atoms with Crippen LogP contribution in [0.5, 0.6) is 0 Å². The fourth-order valence-electron chi connectivity index (χ4n) is 2.64. The number of pyridine rings is 1. The summed E-state index contributed by atoms with van der Waals surface area (Å²) in [4.78, 5) is 34.6. The lowest BCUT2D eigenvalue weighted by Gasteiger charge is -2.16. The molecule has 1 aromatic carbocycles. The topological polar surface area (TPSA) is 87.2 Å². The van der Waals surface area contributed by atoms with Gasteiger partial charge in [0.1, 0.15) is 5.82 Å². The standard InChI is InChI=1S/C20H20FN5O2S/c1-13-17(7-4-8-22-13)18(27)26(2)11-16-12-29-20(24-16)25-19(28)23-10-14-5-3-6-15(21)9-14/h3-9,12H,10-11H2,1-2H3,(H2,23,24,25,28). The third-order valence-corrected chi connectivity index (χ3v) is 4.90. The van der Waals surface area contributed by atoms with Crippen LogP contribution in [0.15, 0.2) is 48.0 Å². The molecule has 9 heteroatoms. The van der Waals surface area contributed by atoms with Crippen LogP contribution in [0.4, 0.5) is 14.3 Å². The molecule has 0 aliphatic heterocycles. The van der Waals surface area contributed by atoms with Crippen molar-refractivity contribution in [2.24, 2.45) is 0 Å². The van der Waals surface area contributed by atoms with E-state index in [2.05, 4.69) is 20.6 Å². The van der Waals surface area contributed by atoms with E-state index < -0.39 is 6.03 Å². The van der Waals surface area contributed by atoms with Gasteiger partial charge in [-0.3, -0.25) is 15.1 Å². The zero-order valence-corrected chi connectivity index (χ0v) is 16.8. The molecule has 0 atom stereocenters. The smallest absolute Gasteiger partial charge is 0.321 e. The summed E-state index contributed by atoms with van der Waals surface area (Å²) in [6.07, 6.45) is 1.64. The van der Waals surface area contributed by atoms with Gasteiger partial charge in [0, 0.05) is 30.9 Å². The third-order valence-electron chi connectivity index (χ3n) is 4.10. The largest absolute Gasteiger partial charge is 0.336 e. The number of hydrogen-bond donors (Lipinski definition) is 2. The highest BCUT2D eigenvalue weighted by molar-refractivity contribution is 7.13. The molecule has 3 amide bonds. The number of urea groups is 1. The summed E-state index contributed by atoms with van der Waals surface area (Å²) in [5, 5.41) is 7.48. The molecule has 0 saturated carbocycles. The number of nitrogens with one attached hydrogen (secondary N) is 2. The Kier molecular flexibility index (Phi) is 6.50. The van der Waals surface area contributed by atoms with Crippen LogP contribution in [0.25, 0.3) is 0 Å². The van der Waals surface area contributed by atoms with Crippen LogP contribution in [0.3, 0.4) is 0 Å². The second-order valence-corrected chi connectivity index (χ2v) is 7.24. The summed E-state index contributed by atoms with van der Waals surface area (Å²) in [5.41, 5.74) is 2.53. The Balaban J connectivity index is 1.53. The Morgan fingerprint density at radius 1 is 1.24 bits per heavy atom. The van der Waals surface area contributed by atoms with Gasteiger partial charge in [-0.25, -0.2) is 14.2 Å². The number of carbonyl (C=O) groups is 2. The fourth-order valence-corrected chi connectivity index (χ4v) is 3.33. The predicted molar refractivity (Wildman–Crippen MR) is 109 cm³/mol. The number of thiazole rings is 1. The van der Waals surface area contributed by atoms with Crippen LogP contribution in [0, 0.1) is 12.7 Å². The molecule has 2 aromatic heterocycles. The average Bonchev–Trinajstić information content (AvgIpc) is 3.13. The summed E-state index contributed by atoms with van der Waals surface area (Å²) in [6.45, 7) is 2.29. The van der Waals surface area contributed by atoms with E-state index in [4.69, 9.17) is 0 Å². The molecular formula is C20H20FN5O2S. The second-order valence-electron chi connectivity index (χ2n) is 6.38. The first kappa shape index (κ1) is 20.4. The van der Waals surface area contributed by atoms with E-state index in [1.54, 1.807) is 54.7 Å². The molecule has 0 unspecified atom stereocenters. The predicted octanol–water partition coefficient (Wildman–Crippen LogP) is 3.58. The van der Waals surface area contributed by atoms with Crippen molar-refractivity contribution in [1.82, 2.24) is 20.2 Å². The number of carbonyl (C=O) groups excluding carboxylic acids is 2. The molecule has 0 aliphatic rings. The number of halogens is 1. The molecule has 0 spiro atoms. The molecule has 0 radical (unpaired) electrons. The number of benzene rings is 1. The lowest BCUT2D eigenvalue weighted by atomic mass is 10.2. The minimum absolute atomic E-state index is 0.147. The first-order valence-electron chi connectivity index (χ1n) is 8.83. The minimum atomic E-state index is -0.439. The quantitative estimate of drug-likeness (QED) is 0.647. The van der Waals surface area contributed by atoms with Gasteiger partial charge in [0.2, 0.25) is 0 Å². The zero-order chi connectivity index (χ0) is 20.8. The normalized spacial score (nSPS) is 10.4. The Morgan fingerprint density at radius 2 is 2.07 bits per heavy atom. The van der Waals surface area contributed by atoms with Crippen molar-refractivity contribution in [3.8, 4) is 0 Å². The van der Waals surface area contributed by atoms with Crippen molar-refractivity contribution in [3.63, 3.8) is 0 Å². The number of nitrogens with zero attached hydrogens (tertiary/aromatic N) is 3. The Bertz CT molecular complexity index is 1020. The molecule has 3 rings (SSSR count). The van der Waals surface area contributed by atoms with Crippen LogP contribution in [0.2, 0.25) is 0 Å². The maximum absolute atomic E-state index is 13.2. The minimum Gasteiger partial charge on any atom is -0.336 e. The highest BCUT2D eigenvalue weighted by Gasteiger charge is 2.16. The van der Waals surface area contributed by atoms with Gasteiger partial charge in [0.15, 0.2) is 5.13 Å². The van der Waals surface area contributed by atoms with Gasteiger partial charge in [-0.15, -0.1) is 11.3 Å². The first-order chi connectivity index (χ1) is 13.9. The van der Waals surface area contributed by atoms with E-state index in [0.29, 0.717) is 34.2 Å². The van der Waals surface area contributed by atoms with E-state index in [9.17, 15) is 14.0 Å². The van der Waals surface area contributed by atoms with E-state index in [1.807, 2.05) is 0 Å². The van der Waals surface area contributed by atoms with Crippen molar-refractivity contribution >= 4 is 28.4 Å². The average molecular weight is 413 g/mol. The van der Waals surface area contributed by atoms with Gasteiger partial charge in [-0.05, 0) is 36.8 Å². The Labute approximate surface area is 171 Å². The van der Waals surface area contributed by atoms with Gasteiger partial charge in [0.25, 0.3) is 5.91 Å². The number of aryl methyl sites for hydroxylation is 1. The monoisotopic (exact) mass is 413 g/mol. The number of rotatable bonds is 6. The molecule has 0 saturated heterocycles. The molecule has 3 aromatic rings. The Morgan fingerprint density at radius 3 is 2.83 bits per heavy atom. The summed E-state index contributed by atoms with van der Waals surface area (Å²) in [5.74, 6) is -0.500. The third kappa shape index (κ3) is 5.58. The number of anilines is 1. The van der Waals surface area contributed by atoms with Crippen molar-refractivity contribution in [2.75, 3.05) is 12.4 Å². The molecule has 2 N–H and O–H groups in total. The number of aromatic nitrogens is 2. The van der Waals surface area contributed by atoms with Crippen LogP contribution in [-0.4, -0.2) is 33.9 Å². The molecule has 0 aliphatic carbocycles. The lowest BCUT2D eigenvalue weighted by Crippen LogP contribution is -2.28. The van der Waals surface area contributed by atoms with Gasteiger partial charge in [-0.1, -0.05) is 12.1 Å². The van der Waals surface area contributed by atoms with E-state index in [-0.39, 0.29) is 18.3 Å². The molecule has 2 heterocycles. The van der Waals surface area contributed by atoms with Crippen molar-refractivity contribution < 1.29 is 14.0 Å². The van der Waals surface area contributed by atoms with Crippen molar-refractivity contribution in [3.05, 3.63) is 76.3 Å². The van der Waals surface area contributed by atoms with Gasteiger partial charge in [0.05, 0.1) is 17.8 Å². The van der Waals surface area contributed by atoms with Gasteiger partial charge < -0.3 is 10.2 Å². The van der Waals surface area contributed by atoms with Crippen LogP contribution in [-0.2, 0) is 13.1 Å². The highest BCUT2D eigenvalue weighted by atomic mass is 32.1. The summed E-state index contributed by atoms with van der Waals surface area (Å²) >= 11 is 1.26. The SMILES string of the molecule is Cc1ncccc1C(=O)N(C)Cc1csc(NC(=O)NCc2cccc(F)c2)n1. The van der Waals surface area contributed by atoms with Gasteiger partial charge in [-0.2, -0.15) is 0 Å². The summed E-state index contributed by atoms with van der Waals surface area (Å²) in [6, 6.07) is 9.03. The second kappa shape index (κ2) is 9.24. The van der Waals surface area contributed by atoms with Crippen LogP contribution >= 0.6 is 11.3 Å².